The molecular formula is C10H21ClN2O2S. The van der Waals surface area contributed by atoms with Gasteiger partial charge in [-0.2, -0.15) is 17.4 Å². The van der Waals surface area contributed by atoms with Crippen LogP contribution in [-0.2, 0) is 10.2 Å². The first-order valence-electron chi connectivity index (χ1n) is 5.72. The van der Waals surface area contributed by atoms with E-state index in [4.69, 9.17) is 11.6 Å². The molecule has 1 aliphatic heterocycles. The van der Waals surface area contributed by atoms with Crippen LogP contribution in [0.3, 0.4) is 0 Å². The van der Waals surface area contributed by atoms with Crippen molar-refractivity contribution in [3.05, 3.63) is 0 Å². The van der Waals surface area contributed by atoms with Crippen molar-refractivity contribution in [1.82, 2.24) is 9.03 Å². The summed E-state index contributed by atoms with van der Waals surface area (Å²) < 4.78 is 28.3. The highest BCUT2D eigenvalue weighted by molar-refractivity contribution is 7.87. The van der Waals surface area contributed by atoms with Gasteiger partial charge in [-0.3, -0.25) is 0 Å². The minimum atomic E-state index is -3.38. The zero-order chi connectivity index (χ0) is 12.2. The highest BCUT2D eigenvalue weighted by Crippen LogP contribution is 2.15. The summed E-state index contributed by atoms with van der Waals surface area (Å²) in [6, 6.07) is 0. The fraction of sp³-hybridized carbons (Fsp3) is 1.00. The first kappa shape index (κ1) is 14.2. The molecule has 0 aromatic rings. The maximum absolute atomic E-state index is 12.1. The molecule has 0 unspecified atom stereocenters. The van der Waals surface area contributed by atoms with Gasteiger partial charge in [0.25, 0.3) is 10.2 Å². The molecule has 0 saturated carbocycles. The van der Waals surface area contributed by atoms with Crippen molar-refractivity contribution < 1.29 is 8.42 Å². The van der Waals surface area contributed by atoms with Crippen LogP contribution in [0.2, 0.25) is 0 Å². The zero-order valence-electron chi connectivity index (χ0n) is 10.00. The molecule has 4 nitrogen and oxygen atoms in total. The molecule has 96 valence electrons. The summed E-state index contributed by atoms with van der Waals surface area (Å²) in [6.45, 7) is 4.81. The number of hydrogen-bond acceptors (Lipinski definition) is 2. The maximum atomic E-state index is 12.1. The second kappa shape index (κ2) is 5.67. The van der Waals surface area contributed by atoms with Crippen LogP contribution in [0.15, 0.2) is 0 Å². The standard InChI is InChI=1S/C10H21ClN2O2S/c1-10(2,9-11)12-16(14,15)13-7-5-3-4-6-8-13/h12H,3-9H2,1-2H3. The Labute approximate surface area is 104 Å². The van der Waals surface area contributed by atoms with Crippen molar-refractivity contribution in [1.29, 1.82) is 0 Å². The third-order valence-electron chi connectivity index (χ3n) is 2.64. The van der Waals surface area contributed by atoms with Gasteiger partial charge in [0.1, 0.15) is 0 Å². The molecule has 1 fully saturated rings. The van der Waals surface area contributed by atoms with Crippen molar-refractivity contribution >= 4 is 21.8 Å². The van der Waals surface area contributed by atoms with Crippen LogP contribution in [-0.4, -0.2) is 37.2 Å². The van der Waals surface area contributed by atoms with Crippen molar-refractivity contribution in [2.75, 3.05) is 19.0 Å². The smallest absolute Gasteiger partial charge is 0.195 e. The molecule has 6 heteroatoms. The summed E-state index contributed by atoms with van der Waals surface area (Å²) in [7, 11) is -3.38. The summed E-state index contributed by atoms with van der Waals surface area (Å²) in [5.41, 5.74) is -0.591. The van der Waals surface area contributed by atoms with E-state index in [0.29, 0.717) is 13.1 Å². The van der Waals surface area contributed by atoms with Crippen LogP contribution in [0.25, 0.3) is 0 Å². The fourth-order valence-corrected chi connectivity index (χ4v) is 3.51. The summed E-state index contributed by atoms with van der Waals surface area (Å²) in [5, 5.41) is 0. The Morgan fingerprint density at radius 1 is 1.19 bits per heavy atom. The molecule has 0 atom stereocenters. The molecule has 0 radical (unpaired) electrons. The fourth-order valence-electron chi connectivity index (χ4n) is 1.72. The highest BCUT2D eigenvalue weighted by Gasteiger charge is 2.29. The molecule has 1 saturated heterocycles. The van der Waals surface area contributed by atoms with E-state index in [1.54, 1.807) is 13.8 Å². The van der Waals surface area contributed by atoms with E-state index in [-0.39, 0.29) is 5.88 Å². The topological polar surface area (TPSA) is 49.4 Å². The van der Waals surface area contributed by atoms with Gasteiger partial charge in [0.2, 0.25) is 0 Å². The molecule has 16 heavy (non-hydrogen) atoms. The van der Waals surface area contributed by atoms with Crippen LogP contribution < -0.4 is 4.72 Å². The molecule has 0 aromatic heterocycles. The molecule has 0 spiro atoms. The maximum Gasteiger partial charge on any atom is 0.279 e. The van der Waals surface area contributed by atoms with Gasteiger partial charge in [-0.05, 0) is 26.7 Å². The second-order valence-electron chi connectivity index (χ2n) is 4.94. The van der Waals surface area contributed by atoms with Crippen LogP contribution >= 0.6 is 11.6 Å². The van der Waals surface area contributed by atoms with Gasteiger partial charge in [-0.1, -0.05) is 12.8 Å². The van der Waals surface area contributed by atoms with Crippen molar-refractivity contribution in [3.63, 3.8) is 0 Å². The minimum absolute atomic E-state index is 0.264. The molecule has 1 rings (SSSR count). The molecule has 0 aliphatic carbocycles. The molecule has 1 heterocycles. The number of nitrogens with one attached hydrogen (secondary N) is 1. The van der Waals surface area contributed by atoms with Gasteiger partial charge in [-0.25, -0.2) is 0 Å². The third-order valence-corrected chi connectivity index (χ3v) is 5.17. The number of hydrogen-bond donors (Lipinski definition) is 1. The Kier molecular flexibility index (Phi) is 5.04. The quantitative estimate of drug-likeness (QED) is 0.790. The average Bonchev–Trinajstić information content (AvgIpc) is 2.44. The summed E-state index contributed by atoms with van der Waals surface area (Å²) in [6.07, 6.45) is 4.13. The minimum Gasteiger partial charge on any atom is -0.195 e. The van der Waals surface area contributed by atoms with E-state index in [2.05, 4.69) is 4.72 Å². The number of rotatable bonds is 4. The van der Waals surface area contributed by atoms with Crippen molar-refractivity contribution in [2.45, 2.75) is 45.1 Å². The third kappa shape index (κ3) is 4.20. The number of alkyl halides is 1. The van der Waals surface area contributed by atoms with E-state index in [1.165, 1.54) is 4.31 Å². The first-order chi connectivity index (χ1) is 7.37. The van der Waals surface area contributed by atoms with Gasteiger partial charge >= 0.3 is 0 Å². The molecule has 1 aliphatic rings. The Balaban J connectivity index is 2.68. The molecule has 0 bridgehead atoms. The van der Waals surface area contributed by atoms with Gasteiger partial charge < -0.3 is 0 Å². The van der Waals surface area contributed by atoms with E-state index >= 15 is 0 Å². The lowest BCUT2D eigenvalue weighted by Gasteiger charge is -2.28. The Hall–Kier alpha value is 0.160. The lowest BCUT2D eigenvalue weighted by atomic mass is 10.1. The van der Waals surface area contributed by atoms with Crippen LogP contribution in [0, 0.1) is 0 Å². The van der Waals surface area contributed by atoms with Crippen LogP contribution in [0.4, 0.5) is 0 Å². The van der Waals surface area contributed by atoms with Crippen LogP contribution in [0.1, 0.15) is 39.5 Å². The predicted octanol–water partition coefficient (Wildman–Crippen LogP) is 1.71. The number of halogens is 1. The Morgan fingerprint density at radius 3 is 2.12 bits per heavy atom. The van der Waals surface area contributed by atoms with E-state index in [1.807, 2.05) is 0 Å². The monoisotopic (exact) mass is 268 g/mol. The zero-order valence-corrected chi connectivity index (χ0v) is 11.6. The van der Waals surface area contributed by atoms with Gasteiger partial charge in [-0.15, -0.1) is 11.6 Å². The molecule has 0 aromatic carbocycles. The van der Waals surface area contributed by atoms with Crippen molar-refractivity contribution in [3.8, 4) is 0 Å². The van der Waals surface area contributed by atoms with E-state index < -0.39 is 15.7 Å². The predicted molar refractivity (Wildman–Crippen MR) is 66.9 cm³/mol. The molecular weight excluding hydrogens is 248 g/mol. The lowest BCUT2D eigenvalue weighted by molar-refractivity contribution is 0.394. The van der Waals surface area contributed by atoms with Crippen LogP contribution in [0.5, 0.6) is 0 Å². The van der Waals surface area contributed by atoms with E-state index in [9.17, 15) is 8.42 Å². The number of nitrogens with zero attached hydrogens (tertiary/aromatic N) is 1. The molecule has 1 N–H and O–H groups in total. The van der Waals surface area contributed by atoms with E-state index in [0.717, 1.165) is 25.7 Å². The van der Waals surface area contributed by atoms with Gasteiger partial charge in [0.05, 0.1) is 0 Å². The first-order valence-corrected chi connectivity index (χ1v) is 7.70. The Morgan fingerprint density at radius 2 is 1.69 bits per heavy atom. The summed E-state index contributed by atoms with van der Waals surface area (Å²) in [5.74, 6) is 0.264. The second-order valence-corrected chi connectivity index (χ2v) is 6.88. The van der Waals surface area contributed by atoms with Gasteiger partial charge in [0.15, 0.2) is 0 Å². The SMILES string of the molecule is CC(C)(CCl)NS(=O)(=O)N1CCCCCC1. The lowest BCUT2D eigenvalue weighted by Crippen LogP contribution is -2.51. The summed E-state index contributed by atoms with van der Waals surface area (Å²) in [4.78, 5) is 0. The summed E-state index contributed by atoms with van der Waals surface area (Å²) >= 11 is 5.72. The van der Waals surface area contributed by atoms with Gasteiger partial charge in [0, 0.05) is 24.5 Å². The molecule has 0 amide bonds. The average molecular weight is 269 g/mol. The largest absolute Gasteiger partial charge is 0.279 e. The Bertz CT molecular complexity index is 309. The highest BCUT2D eigenvalue weighted by atomic mass is 35.5. The normalized spacial score (nSPS) is 20.7. The van der Waals surface area contributed by atoms with Crippen molar-refractivity contribution in [2.24, 2.45) is 0 Å².